The molecule has 38 nitrogen and oxygen atoms in total. The molecule has 2 N–H and O–H groups in total. The zero-order chi connectivity index (χ0) is 93.5. The van der Waals surface area contributed by atoms with Gasteiger partial charge in [-0.3, -0.25) is 25.1 Å². The monoisotopic (exact) mass is 2390 g/mol. The maximum atomic E-state index is 13.0. The smallest absolute Gasteiger partial charge is 0.414 e. The molecular weight excluding hydrogens is 2330 g/mol. The highest BCUT2D eigenvalue weighted by Crippen LogP contribution is 2.31. The fraction of sp³-hybridized carbons (Fsp3) is 0.294. The van der Waals surface area contributed by atoms with Crippen molar-refractivity contribution in [1.29, 1.82) is 0 Å². The number of ether oxygens (including phenoxy) is 10. The fourth-order valence-corrected chi connectivity index (χ4v) is 11.7. The molecule has 0 fully saturated rings. The Bertz CT molecular complexity index is 5410. The molecule has 0 spiro atoms. The average Bonchev–Trinajstić information content (AvgIpc) is 0.825. The molecule has 0 unspecified atom stereocenters. The second-order valence-corrected chi connectivity index (χ2v) is 37.3. The van der Waals surface area contributed by atoms with Crippen molar-refractivity contribution in [2.75, 3.05) is 73.7 Å². The number of hydrogen-bond acceptors (Lipinski definition) is 35. The molecular formula is C68H63F6I5N3O35S5-5. The highest BCUT2D eigenvalue weighted by atomic mass is 127. The summed E-state index contributed by atoms with van der Waals surface area (Å²) < 4.78 is 283. The van der Waals surface area contributed by atoms with Crippen molar-refractivity contribution >= 4 is 241 Å². The van der Waals surface area contributed by atoms with Crippen LogP contribution in [0.3, 0.4) is 0 Å². The van der Waals surface area contributed by atoms with Crippen LogP contribution in [0.5, 0.6) is 11.5 Å². The van der Waals surface area contributed by atoms with Crippen molar-refractivity contribution in [3.05, 3.63) is 185 Å². The van der Waals surface area contributed by atoms with Crippen LogP contribution in [0.15, 0.2) is 134 Å². The number of anilines is 3. The van der Waals surface area contributed by atoms with Gasteiger partial charge in [0.25, 0.3) is 0 Å². The maximum Gasteiger partial charge on any atom is 0.414 e. The van der Waals surface area contributed by atoms with Crippen molar-refractivity contribution in [2.45, 2.75) is 69.0 Å². The minimum Gasteiger partial charge on any atom is -0.748 e. The number of amides is 3. The van der Waals surface area contributed by atoms with Gasteiger partial charge in [-0.2, -0.15) is 26.3 Å². The highest BCUT2D eigenvalue weighted by molar-refractivity contribution is 14.1. The average molecular weight is 2390 g/mol. The van der Waals surface area contributed by atoms with E-state index in [2.05, 4.69) is 36.2 Å². The van der Waals surface area contributed by atoms with E-state index in [1.165, 1.54) is 90.8 Å². The summed E-state index contributed by atoms with van der Waals surface area (Å²) >= 11 is 9.32. The number of benzene rings is 6. The third-order valence-corrected chi connectivity index (χ3v) is 21.0. The zero-order valence-electron chi connectivity index (χ0n) is 62.8. The molecule has 0 atom stereocenters. The normalized spacial score (nSPS) is 11.6. The highest BCUT2D eigenvalue weighted by Gasteiger charge is 2.42. The van der Waals surface area contributed by atoms with E-state index in [0.717, 1.165) is 28.2 Å². The first-order chi connectivity index (χ1) is 55.9. The number of esters is 7. The second kappa shape index (κ2) is 49.0. The third-order valence-electron chi connectivity index (χ3n) is 13.1. The maximum absolute atomic E-state index is 13.0. The van der Waals surface area contributed by atoms with E-state index >= 15 is 0 Å². The summed E-state index contributed by atoms with van der Waals surface area (Å²) in [6.07, 6.45) is -0.562. The van der Waals surface area contributed by atoms with Gasteiger partial charge in [0.05, 0.1) is 65.5 Å². The molecule has 672 valence electrons. The third kappa shape index (κ3) is 40.7. The number of nitrogens with zero attached hydrogens (tertiary/aromatic N) is 1. The van der Waals surface area contributed by atoms with Gasteiger partial charge in [-0.1, -0.05) is 49.9 Å². The van der Waals surface area contributed by atoms with Crippen LogP contribution in [-0.4, -0.2) is 204 Å². The molecule has 0 radical (unpaired) electrons. The van der Waals surface area contributed by atoms with Crippen molar-refractivity contribution < 1.29 is 187 Å². The summed E-state index contributed by atoms with van der Waals surface area (Å²) in [5.74, 6) is -8.60. The summed E-state index contributed by atoms with van der Waals surface area (Å²) in [5.41, 5.74) is 0.656. The van der Waals surface area contributed by atoms with Gasteiger partial charge < -0.3 is 70.1 Å². The number of hydrogen-bond donors (Lipinski definition) is 2. The molecule has 0 saturated heterocycles. The van der Waals surface area contributed by atoms with E-state index in [1.807, 2.05) is 121 Å². The Morgan fingerprint density at radius 1 is 0.475 bits per heavy atom. The van der Waals surface area contributed by atoms with E-state index in [4.69, 9.17) is 28.4 Å². The van der Waals surface area contributed by atoms with Crippen molar-refractivity contribution in [3.8, 4) is 11.5 Å². The topological polar surface area (TPSA) is 576 Å². The van der Waals surface area contributed by atoms with Crippen molar-refractivity contribution in [1.82, 2.24) is 0 Å². The van der Waals surface area contributed by atoms with Crippen LogP contribution in [0.4, 0.5) is 57.8 Å². The molecule has 6 rings (SSSR count). The van der Waals surface area contributed by atoms with Crippen molar-refractivity contribution in [2.24, 2.45) is 0 Å². The quantitative estimate of drug-likeness (QED) is 0.00804. The van der Waals surface area contributed by atoms with E-state index < -0.39 is 177 Å². The SMILES string of the molecule is C=CCOC(=O)Nc1ccc(C(=O)OCC(F)(F)S(=O)(=O)[O-])cc1I.CC(=O)Oc1cc(I)ccc1C(=O)OCC(F)(F)S(=O)(=O)[O-].CCC(=O)Oc1cc(I)ccc1C(=O)OCCS(=O)(=O)[O-].CN(C(=O)OC(C)(C)C)c1ccc(C(=O)OCC(F)(F)S(=O)(=O)[O-])cc1I.O=C(Nc1ccc(C(=O)OCCS(=O)(=O)[O-])cc1I)OCc1ccccc1. The van der Waals surface area contributed by atoms with Gasteiger partial charge in [0.15, 0.2) is 50.2 Å². The zero-order valence-corrected chi connectivity index (χ0v) is 77.7. The second-order valence-electron chi connectivity index (χ2n) is 23.8. The predicted molar refractivity (Wildman–Crippen MR) is 448 cm³/mol. The lowest BCUT2D eigenvalue weighted by molar-refractivity contribution is -0.134. The predicted octanol–water partition coefficient (Wildman–Crippen LogP) is 10.8. The van der Waals surface area contributed by atoms with Crippen LogP contribution in [0.2, 0.25) is 0 Å². The molecule has 54 heteroatoms. The minimum absolute atomic E-state index is 0.0103. The van der Waals surface area contributed by atoms with Gasteiger partial charge in [-0.15, -0.1) is 0 Å². The first-order valence-electron chi connectivity index (χ1n) is 32.5. The number of rotatable bonds is 30. The first kappa shape index (κ1) is 110. The molecule has 0 saturated carbocycles. The van der Waals surface area contributed by atoms with Crippen molar-refractivity contribution in [3.63, 3.8) is 0 Å². The van der Waals surface area contributed by atoms with E-state index in [9.17, 15) is 139 Å². The van der Waals surface area contributed by atoms with E-state index in [-0.39, 0.29) is 64.6 Å². The fourth-order valence-electron chi connectivity index (χ4n) is 7.36. The van der Waals surface area contributed by atoms with Crippen LogP contribution < -0.4 is 25.0 Å². The number of nitrogens with one attached hydrogen (secondary N) is 2. The van der Waals surface area contributed by atoms with Gasteiger partial charge >= 0.3 is 75.8 Å². The molecule has 0 aliphatic heterocycles. The number of carbonyl (C=O) groups is 10. The lowest BCUT2D eigenvalue weighted by Crippen LogP contribution is -2.35. The Kier molecular flexibility index (Phi) is 44.2. The molecule has 0 aromatic heterocycles. The molecule has 6 aromatic rings. The molecule has 0 bridgehead atoms. The Hall–Kier alpha value is -8.06. The minimum atomic E-state index is -5.96. The lowest BCUT2D eigenvalue weighted by Gasteiger charge is -2.25. The van der Waals surface area contributed by atoms with Crippen LogP contribution in [0.25, 0.3) is 0 Å². The molecule has 6 aromatic carbocycles. The summed E-state index contributed by atoms with van der Waals surface area (Å²) in [5, 5.41) is -9.27. The van der Waals surface area contributed by atoms with Gasteiger partial charge in [-0.25, -0.2) is 80.4 Å². The van der Waals surface area contributed by atoms with Crippen LogP contribution in [0.1, 0.15) is 98.4 Å². The number of carbonyl (C=O) groups excluding carboxylic acids is 10. The van der Waals surface area contributed by atoms with Gasteiger partial charge in [0.1, 0.15) is 54.7 Å². The standard InChI is InChI=1S/C17H16INO7S.C15H18F2INO7S.C13H12F2INO7S.C12H13IO7S.C11H9F2IO7S/c18-14-10-13(16(20)25-8-9-27(22,23)24)6-7-15(14)19-17(21)26-11-12-4-2-1-3-5-12;1-14(2,3)26-13(21)19(4)11-6-5-9(7-10(11)18)12(20)25-8-15(16,17)27(22,23)24;1-2-5-23-12(19)17-10-4-3-8(6-9(10)16)11(18)24-7-13(14,15)25(20,21)22;1-2-11(14)20-10-7-8(13)3-4-9(10)12(15)19-5-6-21(16,17)18;1-6(15)21-9-4-7(14)2-3-8(9)10(16)20-5-11(12,13)22(17,18)19/h1-7,10H,8-9,11H2,(H,19,21)(H,22,23,24);5-7H,8H2,1-4H3,(H,22,23,24);2-4,6H,1,5,7H2,(H,17,19)(H,20,21,22);3-4,7H,2,5-6H2,1H3,(H,16,17,18);2-4H,5H2,1H3,(H,17,18,19)/p-5. The summed E-state index contributed by atoms with van der Waals surface area (Å²) in [6.45, 7) is 4.42. The number of alkyl halides is 6. The largest absolute Gasteiger partial charge is 0.748 e. The molecule has 3 amide bonds. The van der Waals surface area contributed by atoms with Crippen LogP contribution >= 0.6 is 113 Å². The van der Waals surface area contributed by atoms with Gasteiger partial charge in [0.2, 0.25) is 0 Å². The summed E-state index contributed by atoms with van der Waals surface area (Å²) in [4.78, 5) is 118. The first-order valence-corrected chi connectivity index (χ1v) is 45.3. The molecule has 122 heavy (non-hydrogen) atoms. The Morgan fingerprint density at radius 3 is 1.21 bits per heavy atom. The summed E-state index contributed by atoms with van der Waals surface area (Å²) in [6, 6.07) is 29.3. The van der Waals surface area contributed by atoms with E-state index in [0.29, 0.717) is 25.7 Å². The summed E-state index contributed by atoms with van der Waals surface area (Å²) in [7, 11) is -25.3. The Morgan fingerprint density at radius 2 is 0.844 bits per heavy atom. The van der Waals surface area contributed by atoms with Gasteiger partial charge in [0, 0.05) is 38.2 Å². The molecule has 0 aliphatic carbocycles. The molecule has 0 heterocycles. The Labute approximate surface area is 759 Å². The molecule has 0 aliphatic rings. The van der Waals surface area contributed by atoms with Gasteiger partial charge in [-0.05, 0) is 230 Å². The van der Waals surface area contributed by atoms with E-state index in [1.54, 1.807) is 56.4 Å². The number of halogens is 11. The lowest BCUT2D eigenvalue weighted by atomic mass is 10.2. The Balaban J connectivity index is 0.000000518. The van der Waals surface area contributed by atoms with Crippen LogP contribution in [0, 0.1) is 17.9 Å². The van der Waals surface area contributed by atoms with Crippen LogP contribution in [-0.2, 0) is 105 Å².